The predicted octanol–water partition coefficient (Wildman–Crippen LogP) is 3.89. The lowest BCUT2D eigenvalue weighted by Crippen LogP contribution is -2.56. The molecular weight excluding hydrogens is 340 g/mol. The van der Waals surface area contributed by atoms with Crippen LogP contribution in [-0.2, 0) is 9.47 Å². The number of aromatic amines is 1. The van der Waals surface area contributed by atoms with Crippen LogP contribution in [0.5, 0.6) is 0 Å². The molecule has 1 amide bonds. The number of ether oxygens (including phenoxy) is 2. The van der Waals surface area contributed by atoms with Crippen LogP contribution >= 0.6 is 0 Å². The molecule has 1 aromatic heterocycles. The Bertz CT molecular complexity index is 862. The first-order chi connectivity index (χ1) is 12.9. The van der Waals surface area contributed by atoms with Crippen LogP contribution in [0.2, 0.25) is 0 Å². The number of benzene rings is 1. The molecule has 4 rings (SSSR count). The highest BCUT2D eigenvalue weighted by Crippen LogP contribution is 2.37. The topological polar surface area (TPSA) is 54.6 Å². The second-order valence-corrected chi connectivity index (χ2v) is 8.20. The van der Waals surface area contributed by atoms with Gasteiger partial charge in [-0.05, 0) is 63.6 Å². The van der Waals surface area contributed by atoms with E-state index in [1.54, 1.807) is 7.11 Å². The highest BCUT2D eigenvalue weighted by molar-refractivity contribution is 6.01. The average Bonchev–Trinajstić information content (AvgIpc) is 2.99. The molecule has 0 aliphatic carbocycles. The zero-order valence-corrected chi connectivity index (χ0v) is 16.9. The summed E-state index contributed by atoms with van der Waals surface area (Å²) in [6.45, 7) is 8.46. The van der Waals surface area contributed by atoms with Crippen molar-refractivity contribution in [2.75, 3.05) is 26.8 Å². The number of rotatable bonds is 2. The first-order valence-electron chi connectivity index (χ1n) is 10.0. The van der Waals surface area contributed by atoms with Gasteiger partial charge in [0.1, 0.15) is 5.69 Å². The van der Waals surface area contributed by atoms with Crippen molar-refractivity contribution >= 4 is 16.8 Å². The number of H-pyrrole nitrogens is 1. The molecule has 2 aliphatic rings. The van der Waals surface area contributed by atoms with Crippen molar-refractivity contribution in [2.45, 2.75) is 58.2 Å². The maximum atomic E-state index is 13.2. The zero-order chi connectivity index (χ0) is 19.2. The molecule has 1 spiro atoms. The lowest BCUT2D eigenvalue weighted by atomic mass is 9.81. The Morgan fingerprint density at radius 1 is 1.26 bits per heavy atom. The number of carbonyl (C=O) groups excluding carboxylic acids is 1. The number of carbonyl (C=O) groups is 1. The van der Waals surface area contributed by atoms with Crippen molar-refractivity contribution in [1.82, 2.24) is 9.88 Å². The van der Waals surface area contributed by atoms with Gasteiger partial charge < -0.3 is 19.4 Å². The van der Waals surface area contributed by atoms with Crippen molar-refractivity contribution in [3.63, 3.8) is 0 Å². The highest BCUT2D eigenvalue weighted by Gasteiger charge is 2.45. The van der Waals surface area contributed by atoms with Crippen LogP contribution in [0.1, 0.15) is 52.9 Å². The normalized spacial score (nSPS) is 22.5. The Hall–Kier alpha value is -1.85. The lowest BCUT2D eigenvalue weighted by molar-refractivity contribution is -0.183. The summed E-state index contributed by atoms with van der Waals surface area (Å²) in [5.74, 6) is 0.0976. The largest absolute Gasteiger partial charge is 0.378 e. The number of hydrogen-bond acceptors (Lipinski definition) is 3. The molecule has 2 aliphatic heterocycles. The van der Waals surface area contributed by atoms with E-state index in [0.29, 0.717) is 13.1 Å². The maximum absolute atomic E-state index is 13.2. The van der Waals surface area contributed by atoms with Gasteiger partial charge >= 0.3 is 0 Å². The van der Waals surface area contributed by atoms with Crippen molar-refractivity contribution in [3.8, 4) is 0 Å². The minimum atomic E-state index is -0.215. The van der Waals surface area contributed by atoms with E-state index < -0.39 is 0 Å². The standard InChI is InChI=1S/C22H30N2O3/c1-14-12-15(2)19-17(13-14)16(3)20(23-19)21(25)24-9-7-22(8-10-24)18(26-4)6-5-11-27-22/h12-13,18,23H,5-11H2,1-4H3/t18-/m1/s1. The molecule has 1 aromatic carbocycles. The first kappa shape index (κ1) is 18.5. The number of likely N-dealkylation sites (tertiary alicyclic amines) is 1. The summed E-state index contributed by atoms with van der Waals surface area (Å²) in [4.78, 5) is 18.6. The number of amides is 1. The number of nitrogens with one attached hydrogen (secondary N) is 1. The summed E-state index contributed by atoms with van der Waals surface area (Å²) in [7, 11) is 1.77. The van der Waals surface area contributed by atoms with Crippen molar-refractivity contribution in [1.29, 1.82) is 0 Å². The number of piperidine rings is 1. The summed E-state index contributed by atoms with van der Waals surface area (Å²) in [5.41, 5.74) is 5.04. The molecule has 0 radical (unpaired) electrons. The molecule has 5 nitrogen and oxygen atoms in total. The number of methoxy groups -OCH3 is 1. The summed E-state index contributed by atoms with van der Waals surface area (Å²) in [6, 6.07) is 4.32. The van der Waals surface area contributed by atoms with Crippen molar-refractivity contribution < 1.29 is 14.3 Å². The minimum absolute atomic E-state index is 0.0976. The summed E-state index contributed by atoms with van der Waals surface area (Å²) in [5, 5.41) is 1.15. The van der Waals surface area contributed by atoms with Gasteiger partial charge in [-0.25, -0.2) is 0 Å². The fourth-order valence-electron chi connectivity index (χ4n) is 4.94. The van der Waals surface area contributed by atoms with E-state index in [4.69, 9.17) is 9.47 Å². The maximum Gasteiger partial charge on any atom is 0.270 e. The molecule has 1 N–H and O–H groups in total. The van der Waals surface area contributed by atoms with Crippen molar-refractivity contribution in [3.05, 3.63) is 34.5 Å². The van der Waals surface area contributed by atoms with Crippen LogP contribution in [-0.4, -0.2) is 54.3 Å². The molecule has 146 valence electrons. The fraction of sp³-hybridized carbons (Fsp3) is 0.591. The Kier molecular flexibility index (Phi) is 4.77. The fourth-order valence-corrected chi connectivity index (χ4v) is 4.94. The number of aryl methyl sites for hydroxylation is 3. The van der Waals surface area contributed by atoms with Gasteiger partial charge in [0.15, 0.2) is 0 Å². The third-order valence-corrected chi connectivity index (χ3v) is 6.49. The number of aromatic nitrogens is 1. The van der Waals surface area contributed by atoms with E-state index in [9.17, 15) is 4.79 Å². The van der Waals surface area contributed by atoms with Crippen LogP contribution < -0.4 is 0 Å². The van der Waals surface area contributed by atoms with E-state index in [-0.39, 0.29) is 17.6 Å². The molecular formula is C22H30N2O3. The third kappa shape index (κ3) is 3.07. The van der Waals surface area contributed by atoms with Crippen molar-refractivity contribution in [2.24, 2.45) is 0 Å². The zero-order valence-electron chi connectivity index (χ0n) is 16.9. The van der Waals surface area contributed by atoms with Gasteiger partial charge in [0.25, 0.3) is 5.91 Å². The van der Waals surface area contributed by atoms with Gasteiger partial charge in [-0.3, -0.25) is 4.79 Å². The van der Waals surface area contributed by atoms with Gasteiger partial charge in [0.05, 0.1) is 11.7 Å². The molecule has 0 bridgehead atoms. The molecule has 5 heteroatoms. The van der Waals surface area contributed by atoms with Crippen LogP contribution in [0, 0.1) is 20.8 Å². The average molecular weight is 370 g/mol. The molecule has 3 heterocycles. The number of fused-ring (bicyclic) bond motifs is 1. The summed E-state index contributed by atoms with van der Waals surface area (Å²) >= 11 is 0. The molecule has 2 saturated heterocycles. The lowest BCUT2D eigenvalue weighted by Gasteiger charge is -2.47. The van der Waals surface area contributed by atoms with Crippen LogP contribution in [0.4, 0.5) is 0 Å². The van der Waals surface area contributed by atoms with Gasteiger partial charge in [0, 0.05) is 37.7 Å². The van der Waals surface area contributed by atoms with Gasteiger partial charge in [-0.2, -0.15) is 0 Å². The van der Waals surface area contributed by atoms with E-state index in [2.05, 4.69) is 31.0 Å². The highest BCUT2D eigenvalue weighted by atomic mass is 16.5. The first-order valence-corrected chi connectivity index (χ1v) is 10.0. The predicted molar refractivity (Wildman–Crippen MR) is 106 cm³/mol. The van der Waals surface area contributed by atoms with E-state index in [1.807, 2.05) is 11.8 Å². The SMILES string of the molecule is CO[C@@H]1CCCOC12CCN(C(=O)c1[nH]c3c(C)cc(C)cc3c1C)CC2. The number of hydrogen-bond donors (Lipinski definition) is 1. The van der Waals surface area contributed by atoms with Crippen LogP contribution in [0.3, 0.4) is 0 Å². The summed E-state index contributed by atoms with van der Waals surface area (Å²) in [6.07, 6.45) is 3.92. The Labute approximate surface area is 161 Å². The molecule has 2 aromatic rings. The second kappa shape index (κ2) is 6.95. The molecule has 0 saturated carbocycles. The molecule has 1 atom stereocenters. The quantitative estimate of drug-likeness (QED) is 0.872. The smallest absolute Gasteiger partial charge is 0.270 e. The minimum Gasteiger partial charge on any atom is -0.378 e. The molecule has 27 heavy (non-hydrogen) atoms. The Morgan fingerprint density at radius 3 is 2.70 bits per heavy atom. The van der Waals surface area contributed by atoms with E-state index in [0.717, 1.165) is 54.5 Å². The Morgan fingerprint density at radius 2 is 2.00 bits per heavy atom. The van der Waals surface area contributed by atoms with Gasteiger partial charge in [-0.1, -0.05) is 11.6 Å². The molecule has 2 fully saturated rings. The molecule has 0 unspecified atom stereocenters. The second-order valence-electron chi connectivity index (χ2n) is 8.20. The van der Waals surface area contributed by atoms with E-state index >= 15 is 0 Å². The third-order valence-electron chi connectivity index (χ3n) is 6.49. The summed E-state index contributed by atoms with van der Waals surface area (Å²) < 4.78 is 11.9. The van der Waals surface area contributed by atoms with Gasteiger partial charge in [-0.15, -0.1) is 0 Å². The van der Waals surface area contributed by atoms with Gasteiger partial charge in [0.2, 0.25) is 0 Å². The monoisotopic (exact) mass is 370 g/mol. The van der Waals surface area contributed by atoms with Crippen LogP contribution in [0.15, 0.2) is 12.1 Å². The van der Waals surface area contributed by atoms with Crippen LogP contribution in [0.25, 0.3) is 10.9 Å². The Balaban J connectivity index is 1.56. The van der Waals surface area contributed by atoms with E-state index in [1.165, 1.54) is 11.1 Å². The number of nitrogens with zero attached hydrogens (tertiary/aromatic N) is 1.